The Labute approximate surface area is 114 Å². The van der Waals surface area contributed by atoms with E-state index in [4.69, 9.17) is 5.73 Å². The standard InChI is InChI=1S/C16H22N2O/c17-9-15(12-5-2-1-3-6-12)16(19)18-10-13-7-4-8-14(13)11-18/h1-3,5-6,13-15H,4,7-11,17H2. The Bertz CT molecular complexity index is 433. The van der Waals surface area contributed by atoms with Gasteiger partial charge >= 0.3 is 0 Å². The van der Waals surface area contributed by atoms with Crippen molar-refractivity contribution in [2.75, 3.05) is 19.6 Å². The van der Waals surface area contributed by atoms with Gasteiger partial charge in [0.25, 0.3) is 0 Å². The fourth-order valence-electron chi connectivity index (χ4n) is 3.70. The number of likely N-dealkylation sites (tertiary alicyclic amines) is 1. The van der Waals surface area contributed by atoms with Gasteiger partial charge < -0.3 is 10.6 Å². The summed E-state index contributed by atoms with van der Waals surface area (Å²) < 4.78 is 0. The first kappa shape index (κ1) is 12.7. The summed E-state index contributed by atoms with van der Waals surface area (Å²) in [5.74, 6) is 1.56. The molecule has 1 aliphatic carbocycles. The van der Waals surface area contributed by atoms with Gasteiger partial charge in [0, 0.05) is 19.6 Å². The van der Waals surface area contributed by atoms with E-state index in [9.17, 15) is 4.79 Å². The van der Waals surface area contributed by atoms with Crippen molar-refractivity contribution in [3.05, 3.63) is 35.9 Å². The van der Waals surface area contributed by atoms with Gasteiger partial charge in [-0.15, -0.1) is 0 Å². The maximum absolute atomic E-state index is 12.7. The summed E-state index contributed by atoms with van der Waals surface area (Å²) in [4.78, 5) is 14.7. The minimum Gasteiger partial charge on any atom is -0.342 e. The summed E-state index contributed by atoms with van der Waals surface area (Å²) >= 11 is 0. The van der Waals surface area contributed by atoms with Crippen LogP contribution in [-0.2, 0) is 4.79 Å². The highest BCUT2D eigenvalue weighted by Gasteiger charge is 2.39. The van der Waals surface area contributed by atoms with Crippen molar-refractivity contribution in [3.8, 4) is 0 Å². The lowest BCUT2D eigenvalue weighted by atomic mass is 9.98. The van der Waals surface area contributed by atoms with E-state index < -0.39 is 0 Å². The van der Waals surface area contributed by atoms with Crippen LogP contribution in [0.5, 0.6) is 0 Å². The molecular formula is C16H22N2O. The van der Waals surface area contributed by atoms with Crippen LogP contribution >= 0.6 is 0 Å². The zero-order valence-electron chi connectivity index (χ0n) is 11.3. The number of nitrogens with zero attached hydrogens (tertiary/aromatic N) is 1. The number of fused-ring (bicyclic) bond motifs is 1. The minimum atomic E-state index is -0.167. The van der Waals surface area contributed by atoms with Crippen LogP contribution in [0.25, 0.3) is 0 Å². The van der Waals surface area contributed by atoms with Crippen LogP contribution in [0, 0.1) is 11.8 Å². The lowest BCUT2D eigenvalue weighted by Crippen LogP contribution is -2.37. The summed E-state index contributed by atoms with van der Waals surface area (Å²) in [6, 6.07) is 9.94. The van der Waals surface area contributed by atoms with Crippen LogP contribution in [0.15, 0.2) is 30.3 Å². The lowest BCUT2D eigenvalue weighted by molar-refractivity contribution is -0.131. The normalized spacial score (nSPS) is 27.3. The highest BCUT2D eigenvalue weighted by Crippen LogP contribution is 2.38. The van der Waals surface area contributed by atoms with Crippen molar-refractivity contribution in [2.45, 2.75) is 25.2 Å². The third-order valence-electron chi connectivity index (χ3n) is 4.77. The van der Waals surface area contributed by atoms with E-state index in [1.165, 1.54) is 19.3 Å². The summed E-state index contributed by atoms with van der Waals surface area (Å²) in [7, 11) is 0. The number of amides is 1. The zero-order chi connectivity index (χ0) is 13.2. The van der Waals surface area contributed by atoms with E-state index >= 15 is 0 Å². The van der Waals surface area contributed by atoms with E-state index in [0.717, 1.165) is 30.5 Å². The third kappa shape index (κ3) is 2.39. The van der Waals surface area contributed by atoms with Gasteiger partial charge in [0.1, 0.15) is 0 Å². The molecule has 0 spiro atoms. The smallest absolute Gasteiger partial charge is 0.231 e. The molecule has 3 atom stereocenters. The summed E-state index contributed by atoms with van der Waals surface area (Å²) in [5, 5.41) is 0. The predicted molar refractivity (Wildman–Crippen MR) is 75.6 cm³/mol. The largest absolute Gasteiger partial charge is 0.342 e. The number of rotatable bonds is 3. The molecule has 1 saturated carbocycles. The van der Waals surface area contributed by atoms with E-state index in [1.807, 2.05) is 30.3 Å². The van der Waals surface area contributed by atoms with Crippen LogP contribution in [0.3, 0.4) is 0 Å². The van der Waals surface area contributed by atoms with Gasteiger partial charge in [-0.3, -0.25) is 4.79 Å². The Morgan fingerprint density at radius 1 is 1.21 bits per heavy atom. The van der Waals surface area contributed by atoms with Crippen LogP contribution in [-0.4, -0.2) is 30.4 Å². The molecule has 3 nitrogen and oxygen atoms in total. The number of carbonyl (C=O) groups is 1. The molecule has 3 heteroatoms. The molecule has 3 rings (SSSR count). The Balaban J connectivity index is 1.72. The molecular weight excluding hydrogens is 236 g/mol. The van der Waals surface area contributed by atoms with Gasteiger partial charge in [0.2, 0.25) is 5.91 Å². The molecule has 2 N–H and O–H groups in total. The fourth-order valence-corrected chi connectivity index (χ4v) is 3.70. The molecule has 0 radical (unpaired) electrons. The summed E-state index contributed by atoms with van der Waals surface area (Å²) in [5.41, 5.74) is 6.89. The summed E-state index contributed by atoms with van der Waals surface area (Å²) in [6.45, 7) is 2.30. The molecule has 0 aromatic heterocycles. The highest BCUT2D eigenvalue weighted by atomic mass is 16.2. The second-order valence-corrected chi connectivity index (χ2v) is 5.89. The number of hydrogen-bond acceptors (Lipinski definition) is 2. The predicted octanol–water partition coefficient (Wildman–Crippen LogP) is 1.99. The quantitative estimate of drug-likeness (QED) is 0.901. The Kier molecular flexibility index (Phi) is 3.56. The van der Waals surface area contributed by atoms with E-state index in [2.05, 4.69) is 4.90 Å². The van der Waals surface area contributed by atoms with Crippen molar-refractivity contribution in [1.82, 2.24) is 4.90 Å². The number of nitrogens with two attached hydrogens (primary N) is 1. The Morgan fingerprint density at radius 2 is 1.84 bits per heavy atom. The molecule has 0 bridgehead atoms. The van der Waals surface area contributed by atoms with Crippen LogP contribution < -0.4 is 5.73 Å². The molecule has 1 aromatic rings. The molecule has 1 heterocycles. The molecule has 1 aliphatic heterocycles. The molecule has 1 aromatic carbocycles. The van der Waals surface area contributed by atoms with Crippen molar-refractivity contribution in [3.63, 3.8) is 0 Å². The van der Waals surface area contributed by atoms with Gasteiger partial charge in [0.05, 0.1) is 5.92 Å². The zero-order valence-corrected chi connectivity index (χ0v) is 11.3. The topological polar surface area (TPSA) is 46.3 Å². The molecule has 3 unspecified atom stereocenters. The van der Waals surface area contributed by atoms with Crippen molar-refractivity contribution in [2.24, 2.45) is 17.6 Å². The van der Waals surface area contributed by atoms with Crippen LogP contribution in [0.1, 0.15) is 30.7 Å². The molecule has 102 valence electrons. The fraction of sp³-hybridized carbons (Fsp3) is 0.562. The van der Waals surface area contributed by atoms with Crippen LogP contribution in [0.2, 0.25) is 0 Å². The average Bonchev–Trinajstić information content (AvgIpc) is 3.01. The first-order valence-electron chi connectivity index (χ1n) is 7.33. The molecule has 1 amide bonds. The average molecular weight is 258 g/mol. The number of carbonyl (C=O) groups excluding carboxylic acids is 1. The molecule has 2 fully saturated rings. The number of benzene rings is 1. The monoisotopic (exact) mass is 258 g/mol. The van der Waals surface area contributed by atoms with Gasteiger partial charge in [-0.05, 0) is 30.2 Å². The second-order valence-electron chi connectivity index (χ2n) is 5.89. The van der Waals surface area contributed by atoms with Crippen molar-refractivity contribution >= 4 is 5.91 Å². The lowest BCUT2D eigenvalue weighted by Gasteiger charge is -2.23. The SMILES string of the molecule is NCC(C(=O)N1CC2CCCC2C1)c1ccccc1. The molecule has 19 heavy (non-hydrogen) atoms. The van der Waals surface area contributed by atoms with E-state index in [-0.39, 0.29) is 11.8 Å². The first-order chi connectivity index (χ1) is 9.29. The Hall–Kier alpha value is -1.35. The Morgan fingerprint density at radius 3 is 2.42 bits per heavy atom. The van der Waals surface area contributed by atoms with Gasteiger partial charge in [-0.2, -0.15) is 0 Å². The second kappa shape index (κ2) is 5.33. The van der Waals surface area contributed by atoms with Crippen molar-refractivity contribution in [1.29, 1.82) is 0 Å². The molecule has 2 aliphatic rings. The van der Waals surface area contributed by atoms with Crippen molar-refractivity contribution < 1.29 is 4.79 Å². The van der Waals surface area contributed by atoms with Gasteiger partial charge in [-0.1, -0.05) is 36.8 Å². The van der Waals surface area contributed by atoms with E-state index in [0.29, 0.717) is 6.54 Å². The minimum absolute atomic E-state index is 0.167. The third-order valence-corrected chi connectivity index (χ3v) is 4.77. The van der Waals surface area contributed by atoms with Crippen LogP contribution in [0.4, 0.5) is 0 Å². The maximum atomic E-state index is 12.7. The summed E-state index contributed by atoms with van der Waals surface area (Å²) in [6.07, 6.45) is 3.94. The van der Waals surface area contributed by atoms with Gasteiger partial charge in [-0.25, -0.2) is 0 Å². The molecule has 1 saturated heterocycles. The van der Waals surface area contributed by atoms with E-state index in [1.54, 1.807) is 0 Å². The number of hydrogen-bond donors (Lipinski definition) is 1. The van der Waals surface area contributed by atoms with Gasteiger partial charge in [0.15, 0.2) is 0 Å². The maximum Gasteiger partial charge on any atom is 0.231 e. The highest BCUT2D eigenvalue weighted by molar-refractivity contribution is 5.84. The first-order valence-corrected chi connectivity index (χ1v) is 7.33.